The number of pyridine rings is 1. The minimum Gasteiger partial charge on any atom is -0.487 e. The molecule has 4 aromatic rings. The van der Waals surface area contributed by atoms with Gasteiger partial charge in [-0.05, 0) is 55.5 Å². The molecule has 0 bridgehead atoms. The Morgan fingerprint density at radius 3 is 2.53 bits per heavy atom. The average Bonchev–Trinajstić information content (AvgIpc) is 2.88. The highest BCUT2D eigenvalue weighted by Gasteiger charge is 2.27. The van der Waals surface area contributed by atoms with Gasteiger partial charge >= 0.3 is 0 Å². The molecule has 7 nitrogen and oxygen atoms in total. The molecule has 4 rings (SSSR count). The lowest BCUT2D eigenvalue weighted by Gasteiger charge is -2.26. The number of ether oxygens (including phenoxy) is 1. The Morgan fingerprint density at radius 1 is 1.08 bits per heavy atom. The lowest BCUT2D eigenvalue weighted by Crippen LogP contribution is -2.45. The summed E-state index contributed by atoms with van der Waals surface area (Å²) in [6.07, 6.45) is 0. The normalized spacial score (nSPS) is 11.7. The minimum atomic E-state index is -0.891. The predicted octanol–water partition coefficient (Wildman–Crippen LogP) is 6.23. The Morgan fingerprint density at radius 2 is 1.82 bits per heavy atom. The summed E-state index contributed by atoms with van der Waals surface area (Å²) in [5, 5.41) is 3.44. The number of benzene rings is 3. The molecule has 2 amide bonds. The summed E-state index contributed by atoms with van der Waals surface area (Å²) in [5.41, 5.74) is 8.94. The number of nitrogens with one attached hydrogen (secondary N) is 1. The maximum absolute atomic E-state index is 13.5. The molecule has 38 heavy (non-hydrogen) atoms. The predicted molar refractivity (Wildman–Crippen MR) is 155 cm³/mol. The highest BCUT2D eigenvalue weighted by Crippen LogP contribution is 2.36. The summed E-state index contributed by atoms with van der Waals surface area (Å²) in [5.74, 6) is -0.111. The number of para-hydroxylation sites is 1. The quantitative estimate of drug-likeness (QED) is 0.148. The number of amides is 2. The molecule has 0 saturated heterocycles. The zero-order valence-electron chi connectivity index (χ0n) is 21.0. The average molecular weight is 570 g/mol. The lowest BCUT2D eigenvalue weighted by molar-refractivity contribution is -0.124. The van der Waals surface area contributed by atoms with Crippen LogP contribution >= 0.6 is 35.0 Å². The van der Waals surface area contributed by atoms with Crippen LogP contribution in [0.4, 0.5) is 11.4 Å². The van der Waals surface area contributed by atoms with E-state index in [-0.39, 0.29) is 23.4 Å². The van der Waals surface area contributed by atoms with Crippen LogP contribution in [-0.4, -0.2) is 29.2 Å². The number of nitrogen functional groups attached to an aromatic ring is 1. The van der Waals surface area contributed by atoms with Gasteiger partial charge in [-0.25, -0.2) is 4.98 Å². The van der Waals surface area contributed by atoms with E-state index < -0.39 is 5.37 Å². The summed E-state index contributed by atoms with van der Waals surface area (Å²) in [4.78, 5) is 32.1. The summed E-state index contributed by atoms with van der Waals surface area (Å²) in [7, 11) is 1.60. The Balaban J connectivity index is 1.58. The van der Waals surface area contributed by atoms with E-state index in [9.17, 15) is 9.59 Å². The zero-order chi connectivity index (χ0) is 27.4. The number of aryl methyl sites for hydroxylation is 1. The maximum atomic E-state index is 13.5. The number of aromatic nitrogens is 1. The van der Waals surface area contributed by atoms with Crippen molar-refractivity contribution in [1.82, 2.24) is 10.3 Å². The molecule has 3 aromatic carbocycles. The summed E-state index contributed by atoms with van der Waals surface area (Å²) >= 11 is 14.5. The monoisotopic (exact) mass is 568 g/mol. The molecule has 1 aromatic heterocycles. The number of hydrogen-bond acceptors (Lipinski definition) is 6. The number of halogens is 2. The lowest BCUT2D eigenvalue weighted by atomic mass is 10.1. The number of hydrogen-bond donors (Lipinski definition) is 2. The molecule has 1 heterocycles. The van der Waals surface area contributed by atoms with Crippen molar-refractivity contribution in [2.75, 3.05) is 17.7 Å². The standard InChI is InChI=1S/C28H26Cl2N4O3S/c1-16-7-8-18-5-4-6-24(26(18)32-16)37-15-21-22(29)13-14-23(25(21)30)34(3)28(36)27(33-17(2)35)38-20-11-9-19(31)10-12-20/h4-14,27H,15,31H2,1-3H3,(H,33,35). The second-order valence-electron chi connectivity index (χ2n) is 8.59. The van der Waals surface area contributed by atoms with E-state index in [4.69, 9.17) is 33.7 Å². The van der Waals surface area contributed by atoms with Crippen LogP contribution in [0.2, 0.25) is 10.0 Å². The Hall–Kier alpha value is -3.46. The number of carbonyl (C=O) groups excluding carboxylic acids is 2. The first-order valence-electron chi connectivity index (χ1n) is 11.7. The van der Waals surface area contributed by atoms with Crippen molar-refractivity contribution >= 4 is 69.1 Å². The van der Waals surface area contributed by atoms with Crippen molar-refractivity contribution < 1.29 is 14.3 Å². The molecular weight excluding hydrogens is 543 g/mol. The van der Waals surface area contributed by atoms with E-state index in [2.05, 4.69) is 10.3 Å². The fourth-order valence-electron chi connectivity index (χ4n) is 3.76. The van der Waals surface area contributed by atoms with Crippen LogP contribution in [0.3, 0.4) is 0 Å². The van der Waals surface area contributed by atoms with Crippen LogP contribution in [0.15, 0.2) is 71.6 Å². The van der Waals surface area contributed by atoms with Crippen molar-refractivity contribution in [3.8, 4) is 5.75 Å². The van der Waals surface area contributed by atoms with Crippen molar-refractivity contribution in [3.63, 3.8) is 0 Å². The second kappa shape index (κ2) is 11.9. The third kappa shape index (κ3) is 6.32. The number of fused-ring (bicyclic) bond motifs is 1. The van der Waals surface area contributed by atoms with Crippen molar-refractivity contribution in [2.24, 2.45) is 0 Å². The number of carbonyl (C=O) groups is 2. The summed E-state index contributed by atoms with van der Waals surface area (Å²) < 4.78 is 6.10. The van der Waals surface area contributed by atoms with Crippen LogP contribution in [0.5, 0.6) is 5.75 Å². The van der Waals surface area contributed by atoms with Crippen LogP contribution < -0.4 is 20.7 Å². The number of rotatable bonds is 8. The molecule has 0 radical (unpaired) electrons. The molecule has 10 heteroatoms. The number of nitrogens with two attached hydrogens (primary N) is 1. The van der Waals surface area contributed by atoms with Crippen LogP contribution in [0, 0.1) is 6.92 Å². The van der Waals surface area contributed by atoms with Crippen LogP contribution in [0.1, 0.15) is 18.2 Å². The van der Waals surface area contributed by atoms with Gasteiger partial charge < -0.3 is 20.7 Å². The van der Waals surface area contributed by atoms with E-state index in [0.717, 1.165) is 21.5 Å². The first-order chi connectivity index (χ1) is 18.1. The molecule has 0 fully saturated rings. The number of anilines is 2. The highest BCUT2D eigenvalue weighted by molar-refractivity contribution is 8.00. The summed E-state index contributed by atoms with van der Waals surface area (Å²) in [6, 6.07) is 20.0. The van der Waals surface area contributed by atoms with Crippen molar-refractivity contribution in [1.29, 1.82) is 0 Å². The fraction of sp³-hybridized carbons (Fsp3) is 0.179. The van der Waals surface area contributed by atoms with Gasteiger partial charge in [-0.3, -0.25) is 9.59 Å². The first kappa shape index (κ1) is 27.6. The van der Waals surface area contributed by atoms with Gasteiger partial charge in [-0.1, -0.05) is 53.2 Å². The van der Waals surface area contributed by atoms with Gasteiger partial charge in [0.15, 0.2) is 5.37 Å². The van der Waals surface area contributed by atoms with E-state index in [1.54, 1.807) is 43.4 Å². The van der Waals surface area contributed by atoms with Gasteiger partial charge in [0.05, 0.1) is 10.7 Å². The molecule has 196 valence electrons. The van der Waals surface area contributed by atoms with Gasteiger partial charge in [0.25, 0.3) is 5.91 Å². The van der Waals surface area contributed by atoms with Crippen LogP contribution in [0.25, 0.3) is 10.9 Å². The van der Waals surface area contributed by atoms with E-state index in [1.165, 1.54) is 23.6 Å². The molecule has 0 aliphatic carbocycles. The maximum Gasteiger partial charge on any atom is 0.260 e. The topological polar surface area (TPSA) is 97.5 Å². The molecule has 0 spiro atoms. The fourth-order valence-corrected chi connectivity index (χ4v) is 5.42. The van der Waals surface area contributed by atoms with Crippen molar-refractivity contribution in [2.45, 2.75) is 30.7 Å². The Bertz CT molecular complexity index is 1500. The smallest absolute Gasteiger partial charge is 0.260 e. The second-order valence-corrected chi connectivity index (χ2v) is 10.6. The van der Waals surface area contributed by atoms with Crippen LogP contribution in [-0.2, 0) is 16.2 Å². The zero-order valence-corrected chi connectivity index (χ0v) is 23.3. The van der Waals surface area contributed by atoms with Gasteiger partial charge in [0.1, 0.15) is 17.9 Å². The number of likely N-dealkylation sites (N-methyl/N-ethyl adjacent to an activating group) is 1. The molecule has 0 aliphatic heterocycles. The number of nitrogens with zero attached hydrogens (tertiary/aromatic N) is 2. The van der Waals surface area contributed by atoms with E-state index in [1.807, 2.05) is 37.3 Å². The van der Waals surface area contributed by atoms with E-state index >= 15 is 0 Å². The minimum absolute atomic E-state index is 0.0670. The molecule has 0 aliphatic rings. The van der Waals surface area contributed by atoms with Crippen molar-refractivity contribution in [3.05, 3.63) is 88.0 Å². The van der Waals surface area contributed by atoms with E-state index in [0.29, 0.717) is 27.7 Å². The number of thioether (sulfide) groups is 1. The SMILES string of the molecule is CC(=O)NC(Sc1ccc(N)cc1)C(=O)N(C)c1ccc(Cl)c(COc2cccc3ccc(C)nc23)c1Cl. The first-order valence-corrected chi connectivity index (χ1v) is 13.3. The molecule has 0 saturated carbocycles. The Labute approximate surface area is 235 Å². The third-order valence-electron chi connectivity index (χ3n) is 5.74. The third-order valence-corrected chi connectivity index (χ3v) is 7.62. The Kier molecular flexibility index (Phi) is 8.66. The highest BCUT2D eigenvalue weighted by atomic mass is 35.5. The largest absolute Gasteiger partial charge is 0.487 e. The molecule has 3 N–H and O–H groups in total. The van der Waals surface area contributed by atoms with Gasteiger partial charge in [0, 0.05) is 46.2 Å². The van der Waals surface area contributed by atoms with Gasteiger partial charge in [0.2, 0.25) is 5.91 Å². The van der Waals surface area contributed by atoms with Gasteiger partial charge in [-0.15, -0.1) is 0 Å². The molecule has 1 atom stereocenters. The molecular formula is C28H26Cl2N4O3S. The van der Waals surface area contributed by atoms with Gasteiger partial charge in [-0.2, -0.15) is 0 Å². The summed E-state index contributed by atoms with van der Waals surface area (Å²) in [6.45, 7) is 3.34. The molecule has 1 unspecified atom stereocenters.